The predicted molar refractivity (Wildman–Crippen MR) is 95.8 cm³/mol. The van der Waals surface area contributed by atoms with Gasteiger partial charge in [0.25, 0.3) is 0 Å². The summed E-state index contributed by atoms with van der Waals surface area (Å²) >= 11 is 3.52. The largest absolute Gasteiger partial charge is 0.388 e. The van der Waals surface area contributed by atoms with Crippen LogP contribution in [0.5, 0.6) is 0 Å². The van der Waals surface area contributed by atoms with Gasteiger partial charge < -0.3 is 5.11 Å². The van der Waals surface area contributed by atoms with Gasteiger partial charge in [-0.25, -0.2) is 0 Å². The number of aliphatic hydroxyl groups is 1. The molecule has 21 heavy (non-hydrogen) atoms. The van der Waals surface area contributed by atoms with Crippen molar-refractivity contribution in [2.45, 2.75) is 70.8 Å². The standard InChI is InChI=1S/C19H29BrO/c1-2-3-4-5-6-10-16-19(21)18(20)15-11-14-17-12-8-7-9-13-17/h7-9,12-13,15,19,21H,2-6,10-11,14,16H2,1H3/b18-15-. The van der Waals surface area contributed by atoms with Crippen molar-refractivity contribution in [3.63, 3.8) is 0 Å². The van der Waals surface area contributed by atoms with Crippen LogP contribution in [0.3, 0.4) is 0 Å². The molecule has 0 radical (unpaired) electrons. The van der Waals surface area contributed by atoms with E-state index in [-0.39, 0.29) is 6.10 Å². The Bertz CT molecular complexity index is 386. The number of halogens is 1. The quantitative estimate of drug-likeness (QED) is 0.483. The number of allylic oxidation sites excluding steroid dienone is 1. The molecule has 1 atom stereocenters. The second-order valence-corrected chi connectivity index (χ2v) is 6.60. The van der Waals surface area contributed by atoms with Gasteiger partial charge in [-0.3, -0.25) is 0 Å². The average Bonchev–Trinajstić information content (AvgIpc) is 2.51. The first kappa shape index (κ1) is 18.4. The van der Waals surface area contributed by atoms with Crippen LogP contribution in [-0.2, 0) is 6.42 Å². The molecule has 0 saturated heterocycles. The normalized spacial score (nSPS) is 13.4. The van der Waals surface area contributed by atoms with Gasteiger partial charge in [0.15, 0.2) is 0 Å². The van der Waals surface area contributed by atoms with Crippen LogP contribution in [0.2, 0.25) is 0 Å². The van der Waals surface area contributed by atoms with Gasteiger partial charge in [-0.15, -0.1) is 0 Å². The third-order valence-electron chi connectivity index (χ3n) is 3.76. The first-order valence-corrected chi connectivity index (χ1v) is 9.11. The lowest BCUT2D eigenvalue weighted by Crippen LogP contribution is -2.06. The molecule has 0 saturated carbocycles. The van der Waals surface area contributed by atoms with Crippen LogP contribution < -0.4 is 0 Å². The first-order chi connectivity index (χ1) is 10.2. The zero-order valence-electron chi connectivity index (χ0n) is 13.2. The van der Waals surface area contributed by atoms with Crippen LogP contribution in [0.15, 0.2) is 40.9 Å². The van der Waals surface area contributed by atoms with Crippen molar-refractivity contribution in [1.29, 1.82) is 0 Å². The molecule has 0 heterocycles. The minimum Gasteiger partial charge on any atom is -0.388 e. The minimum absolute atomic E-state index is 0.327. The van der Waals surface area contributed by atoms with E-state index >= 15 is 0 Å². The molecule has 1 N–H and O–H groups in total. The summed E-state index contributed by atoms with van der Waals surface area (Å²) in [7, 11) is 0. The van der Waals surface area contributed by atoms with Gasteiger partial charge in [0.05, 0.1) is 6.10 Å². The summed E-state index contributed by atoms with van der Waals surface area (Å²) in [4.78, 5) is 0. The maximum atomic E-state index is 10.1. The molecule has 118 valence electrons. The Hall–Kier alpha value is -0.600. The number of hydrogen-bond donors (Lipinski definition) is 1. The van der Waals surface area contributed by atoms with Gasteiger partial charge in [0.1, 0.15) is 0 Å². The second kappa shape index (κ2) is 12.0. The van der Waals surface area contributed by atoms with Crippen LogP contribution in [0.25, 0.3) is 0 Å². The van der Waals surface area contributed by atoms with E-state index in [0.29, 0.717) is 0 Å². The highest BCUT2D eigenvalue weighted by atomic mass is 79.9. The number of aliphatic hydroxyl groups excluding tert-OH is 1. The van der Waals surface area contributed by atoms with Crippen LogP contribution in [0, 0.1) is 0 Å². The summed E-state index contributed by atoms with van der Waals surface area (Å²) in [5.74, 6) is 0. The number of benzene rings is 1. The summed E-state index contributed by atoms with van der Waals surface area (Å²) in [6.45, 7) is 2.24. The Balaban J connectivity index is 2.14. The fraction of sp³-hybridized carbons (Fsp3) is 0.579. The van der Waals surface area contributed by atoms with Crippen molar-refractivity contribution in [2.24, 2.45) is 0 Å². The van der Waals surface area contributed by atoms with Crippen molar-refractivity contribution in [2.75, 3.05) is 0 Å². The molecule has 0 aromatic heterocycles. The Morgan fingerprint density at radius 3 is 2.48 bits per heavy atom. The third kappa shape index (κ3) is 9.10. The van der Waals surface area contributed by atoms with Crippen molar-refractivity contribution in [3.8, 4) is 0 Å². The average molecular weight is 353 g/mol. The molecule has 0 amide bonds. The molecule has 0 aliphatic carbocycles. The molecule has 0 fully saturated rings. The fourth-order valence-corrected chi connectivity index (χ4v) is 2.87. The molecule has 1 aromatic rings. The van der Waals surface area contributed by atoms with E-state index in [1.54, 1.807) is 0 Å². The van der Waals surface area contributed by atoms with E-state index in [4.69, 9.17) is 0 Å². The summed E-state index contributed by atoms with van der Waals surface area (Å²) in [6, 6.07) is 10.5. The zero-order valence-corrected chi connectivity index (χ0v) is 14.8. The molecule has 0 aliphatic heterocycles. The number of unbranched alkanes of at least 4 members (excludes halogenated alkanes) is 5. The monoisotopic (exact) mass is 352 g/mol. The van der Waals surface area contributed by atoms with E-state index in [9.17, 15) is 5.11 Å². The van der Waals surface area contributed by atoms with E-state index < -0.39 is 0 Å². The van der Waals surface area contributed by atoms with Gasteiger partial charge in [-0.1, -0.05) is 97.8 Å². The highest BCUT2D eigenvalue weighted by Crippen LogP contribution is 2.19. The summed E-state index contributed by atoms with van der Waals surface area (Å²) in [6.07, 6.45) is 12.3. The van der Waals surface area contributed by atoms with Gasteiger partial charge in [0.2, 0.25) is 0 Å². The van der Waals surface area contributed by atoms with Crippen molar-refractivity contribution >= 4 is 15.9 Å². The molecule has 0 spiro atoms. The first-order valence-electron chi connectivity index (χ1n) is 8.31. The highest BCUT2D eigenvalue weighted by Gasteiger charge is 2.07. The number of rotatable bonds is 11. The Morgan fingerprint density at radius 1 is 1.10 bits per heavy atom. The maximum Gasteiger partial charge on any atom is 0.0851 e. The van der Waals surface area contributed by atoms with Crippen LogP contribution in [0.1, 0.15) is 63.9 Å². The topological polar surface area (TPSA) is 20.2 Å². The third-order valence-corrected chi connectivity index (χ3v) is 4.62. The van der Waals surface area contributed by atoms with Crippen LogP contribution >= 0.6 is 15.9 Å². The van der Waals surface area contributed by atoms with Crippen molar-refractivity contribution in [1.82, 2.24) is 0 Å². The van der Waals surface area contributed by atoms with Crippen molar-refractivity contribution in [3.05, 3.63) is 46.5 Å². The molecular weight excluding hydrogens is 324 g/mol. The molecule has 1 nitrogen and oxygen atoms in total. The molecular formula is C19H29BrO. The molecule has 2 heteroatoms. The van der Waals surface area contributed by atoms with Crippen LogP contribution in [-0.4, -0.2) is 11.2 Å². The number of aryl methyl sites for hydroxylation is 1. The van der Waals surface area contributed by atoms with E-state index in [2.05, 4.69) is 53.2 Å². The van der Waals surface area contributed by atoms with E-state index in [0.717, 1.165) is 30.2 Å². The van der Waals surface area contributed by atoms with Crippen LogP contribution in [0.4, 0.5) is 0 Å². The smallest absolute Gasteiger partial charge is 0.0851 e. The lowest BCUT2D eigenvalue weighted by Gasteiger charge is -2.10. The summed E-state index contributed by atoms with van der Waals surface area (Å²) < 4.78 is 0.951. The molecule has 1 unspecified atom stereocenters. The van der Waals surface area contributed by atoms with E-state index in [1.165, 1.54) is 37.7 Å². The lowest BCUT2D eigenvalue weighted by molar-refractivity contribution is 0.204. The molecule has 1 aromatic carbocycles. The lowest BCUT2D eigenvalue weighted by atomic mass is 10.1. The van der Waals surface area contributed by atoms with Gasteiger partial charge in [0, 0.05) is 4.48 Å². The highest BCUT2D eigenvalue weighted by molar-refractivity contribution is 9.11. The fourth-order valence-electron chi connectivity index (χ4n) is 2.41. The van der Waals surface area contributed by atoms with Gasteiger partial charge >= 0.3 is 0 Å². The maximum absolute atomic E-state index is 10.1. The molecule has 0 aliphatic rings. The second-order valence-electron chi connectivity index (χ2n) is 5.69. The Morgan fingerprint density at radius 2 is 1.76 bits per heavy atom. The minimum atomic E-state index is -0.327. The zero-order chi connectivity index (χ0) is 15.3. The summed E-state index contributed by atoms with van der Waals surface area (Å²) in [5.41, 5.74) is 1.35. The number of hydrogen-bond acceptors (Lipinski definition) is 1. The van der Waals surface area contributed by atoms with Crippen molar-refractivity contribution < 1.29 is 5.11 Å². The SMILES string of the molecule is CCCCCCCCC(O)/C(Br)=C/CCc1ccccc1. The van der Waals surface area contributed by atoms with E-state index in [1.807, 2.05) is 6.07 Å². The Labute approximate surface area is 138 Å². The predicted octanol–water partition coefficient (Wildman–Crippen LogP) is 6.01. The molecule has 0 bridgehead atoms. The van der Waals surface area contributed by atoms with Gasteiger partial charge in [-0.05, 0) is 24.8 Å². The van der Waals surface area contributed by atoms with Gasteiger partial charge in [-0.2, -0.15) is 0 Å². The summed E-state index contributed by atoms with van der Waals surface area (Å²) in [5, 5.41) is 10.1. The Kier molecular flexibility index (Phi) is 10.5. The molecule has 1 rings (SSSR count).